The van der Waals surface area contributed by atoms with E-state index < -0.39 is 0 Å². The van der Waals surface area contributed by atoms with Crippen LogP contribution in [0.15, 0.2) is 45.8 Å². The standard InChI is InChI=1S/C13H14N10O/c14-12-11(19-24-20-12)13-18-9-3-1-2-4-10(9)21(13)7-8-5-6-17-23(16)22(8)15/h1-6H,7,15-16H2,(H2,14,20). The first kappa shape index (κ1) is 14.2. The van der Waals surface area contributed by atoms with Crippen molar-refractivity contribution in [2.45, 2.75) is 6.54 Å². The van der Waals surface area contributed by atoms with Crippen LogP contribution < -0.4 is 17.4 Å². The second kappa shape index (κ2) is 5.33. The van der Waals surface area contributed by atoms with Crippen LogP contribution in [-0.2, 0) is 6.54 Å². The number of anilines is 1. The molecule has 122 valence electrons. The van der Waals surface area contributed by atoms with Gasteiger partial charge in [0.1, 0.15) is 0 Å². The van der Waals surface area contributed by atoms with E-state index in [1.807, 2.05) is 28.8 Å². The maximum Gasteiger partial charge on any atom is 0.199 e. The van der Waals surface area contributed by atoms with Gasteiger partial charge in [-0.15, -0.1) is 10.3 Å². The summed E-state index contributed by atoms with van der Waals surface area (Å²) < 4.78 is 6.61. The molecule has 3 aromatic rings. The van der Waals surface area contributed by atoms with Gasteiger partial charge in [0.2, 0.25) is 0 Å². The number of para-hydroxylation sites is 2. The van der Waals surface area contributed by atoms with E-state index in [0.29, 0.717) is 23.8 Å². The fourth-order valence-corrected chi connectivity index (χ4v) is 2.51. The van der Waals surface area contributed by atoms with Gasteiger partial charge in [0.05, 0.1) is 29.5 Å². The SMILES string of the molecule is Nc1nonc1-c1nc2ccccc2n1CC1=CC=NN(N)N1N. The van der Waals surface area contributed by atoms with Crippen LogP contribution in [-0.4, -0.2) is 36.4 Å². The lowest BCUT2D eigenvalue weighted by molar-refractivity contribution is 0.00150. The van der Waals surface area contributed by atoms with Gasteiger partial charge in [-0.3, -0.25) is 0 Å². The fourth-order valence-electron chi connectivity index (χ4n) is 2.51. The van der Waals surface area contributed by atoms with Crippen LogP contribution in [0, 0.1) is 0 Å². The van der Waals surface area contributed by atoms with Crippen molar-refractivity contribution in [3.8, 4) is 11.5 Å². The van der Waals surface area contributed by atoms with Gasteiger partial charge in [0.15, 0.2) is 17.3 Å². The molecule has 3 heterocycles. The molecule has 1 aromatic carbocycles. The minimum atomic E-state index is 0.163. The molecule has 1 aliphatic heterocycles. The summed E-state index contributed by atoms with van der Waals surface area (Å²) in [5.41, 5.74) is 8.56. The molecule has 0 amide bonds. The molecule has 0 saturated carbocycles. The summed E-state index contributed by atoms with van der Waals surface area (Å²) >= 11 is 0. The Labute approximate surface area is 135 Å². The summed E-state index contributed by atoms with van der Waals surface area (Å²) in [6.07, 6.45) is 3.32. The molecule has 0 fully saturated rings. The molecule has 0 saturated heterocycles. The fraction of sp³-hybridized carbons (Fsp3) is 0.0769. The Bertz CT molecular complexity index is 955. The molecule has 11 heteroatoms. The van der Waals surface area contributed by atoms with Crippen molar-refractivity contribution in [1.29, 1.82) is 0 Å². The van der Waals surface area contributed by atoms with E-state index >= 15 is 0 Å². The average molecular weight is 326 g/mol. The summed E-state index contributed by atoms with van der Waals surface area (Å²) in [4.78, 5) is 4.58. The number of hydrazone groups is 1. The third kappa shape index (κ3) is 2.15. The second-order valence-corrected chi connectivity index (χ2v) is 5.10. The largest absolute Gasteiger partial charge is 0.379 e. The summed E-state index contributed by atoms with van der Waals surface area (Å²) in [6, 6.07) is 7.65. The van der Waals surface area contributed by atoms with E-state index in [2.05, 4.69) is 20.4 Å². The minimum Gasteiger partial charge on any atom is -0.379 e. The predicted molar refractivity (Wildman–Crippen MR) is 86.1 cm³/mol. The Morgan fingerprint density at radius 1 is 1.12 bits per heavy atom. The zero-order chi connectivity index (χ0) is 16.7. The summed E-state index contributed by atoms with van der Waals surface area (Å²) in [6.45, 7) is 0.373. The number of aromatic nitrogens is 4. The number of hydrogen-bond donors (Lipinski definition) is 3. The van der Waals surface area contributed by atoms with Crippen LogP contribution in [0.2, 0.25) is 0 Å². The monoisotopic (exact) mass is 326 g/mol. The normalized spacial score (nSPS) is 14.5. The Morgan fingerprint density at radius 2 is 1.96 bits per heavy atom. The van der Waals surface area contributed by atoms with Crippen LogP contribution in [0.3, 0.4) is 0 Å². The highest BCUT2D eigenvalue weighted by atomic mass is 16.6. The minimum absolute atomic E-state index is 0.163. The average Bonchev–Trinajstić information content (AvgIpc) is 3.15. The lowest BCUT2D eigenvalue weighted by atomic mass is 10.3. The molecule has 0 bridgehead atoms. The third-order valence-electron chi connectivity index (χ3n) is 3.67. The highest BCUT2D eigenvalue weighted by Crippen LogP contribution is 2.27. The molecule has 11 nitrogen and oxygen atoms in total. The van der Waals surface area contributed by atoms with Gasteiger partial charge in [-0.2, -0.15) is 5.12 Å². The Hall–Kier alpha value is -3.44. The number of nitrogens with zero attached hydrogens (tertiary/aromatic N) is 7. The zero-order valence-corrected chi connectivity index (χ0v) is 12.4. The second-order valence-electron chi connectivity index (χ2n) is 5.10. The maximum absolute atomic E-state index is 5.93. The molecule has 24 heavy (non-hydrogen) atoms. The Morgan fingerprint density at radius 3 is 2.75 bits per heavy atom. The topological polar surface area (TPSA) is 154 Å². The van der Waals surface area contributed by atoms with Crippen molar-refractivity contribution in [1.82, 2.24) is 30.2 Å². The van der Waals surface area contributed by atoms with E-state index in [-0.39, 0.29) is 5.82 Å². The van der Waals surface area contributed by atoms with Gasteiger partial charge in [-0.05, 0) is 28.5 Å². The molecule has 0 radical (unpaired) electrons. The lowest BCUT2D eigenvalue weighted by Gasteiger charge is -2.30. The van der Waals surface area contributed by atoms with Gasteiger partial charge in [0, 0.05) is 0 Å². The molecule has 6 N–H and O–H groups in total. The van der Waals surface area contributed by atoms with Crippen LogP contribution >= 0.6 is 0 Å². The molecule has 0 unspecified atom stereocenters. The lowest BCUT2D eigenvalue weighted by Crippen LogP contribution is -2.50. The summed E-state index contributed by atoms with van der Waals surface area (Å²) in [5, 5.41) is 13.6. The molecule has 2 aromatic heterocycles. The summed E-state index contributed by atoms with van der Waals surface area (Å²) in [7, 11) is 0. The number of nitrogen functional groups attached to an aromatic ring is 1. The van der Waals surface area contributed by atoms with Crippen molar-refractivity contribution in [2.75, 3.05) is 5.73 Å². The number of hydrogen-bond acceptors (Lipinski definition) is 10. The zero-order valence-electron chi connectivity index (χ0n) is 12.4. The Balaban J connectivity index is 1.86. The van der Waals surface area contributed by atoms with Gasteiger partial charge >= 0.3 is 0 Å². The number of hydrazine groups is 3. The van der Waals surface area contributed by atoms with E-state index in [9.17, 15) is 0 Å². The first-order valence-electron chi connectivity index (χ1n) is 7.01. The van der Waals surface area contributed by atoms with E-state index in [1.54, 1.807) is 12.3 Å². The van der Waals surface area contributed by atoms with Gasteiger partial charge in [0.25, 0.3) is 0 Å². The molecular weight excluding hydrogens is 312 g/mol. The quantitative estimate of drug-likeness (QED) is 0.556. The number of rotatable bonds is 3. The smallest absolute Gasteiger partial charge is 0.199 e. The van der Waals surface area contributed by atoms with E-state index in [0.717, 1.165) is 16.3 Å². The molecule has 0 atom stereocenters. The van der Waals surface area contributed by atoms with E-state index in [1.165, 1.54) is 5.12 Å². The van der Waals surface area contributed by atoms with E-state index in [4.69, 9.17) is 22.0 Å². The predicted octanol–water partition coefficient (Wildman–Crippen LogP) is -0.182. The number of imidazole rings is 1. The van der Waals surface area contributed by atoms with Gasteiger partial charge in [-0.1, -0.05) is 12.1 Å². The number of benzene rings is 1. The van der Waals surface area contributed by atoms with Crippen LogP contribution in [0.1, 0.15) is 0 Å². The number of fused-ring (bicyclic) bond motifs is 1. The van der Waals surface area contributed by atoms with Crippen molar-refractivity contribution in [2.24, 2.45) is 16.8 Å². The molecule has 0 spiro atoms. The summed E-state index contributed by atoms with van der Waals surface area (Å²) in [5.74, 6) is 12.3. The van der Waals surface area contributed by atoms with Crippen molar-refractivity contribution in [3.63, 3.8) is 0 Å². The number of allylic oxidation sites excluding steroid dienone is 2. The molecular formula is C13H14N10O. The molecule has 0 aliphatic carbocycles. The van der Waals surface area contributed by atoms with Crippen molar-refractivity contribution in [3.05, 3.63) is 36.0 Å². The highest BCUT2D eigenvalue weighted by Gasteiger charge is 2.22. The first-order valence-corrected chi connectivity index (χ1v) is 7.01. The molecule has 1 aliphatic rings. The van der Waals surface area contributed by atoms with Crippen molar-refractivity contribution >= 4 is 23.1 Å². The molecule has 4 rings (SSSR count). The maximum atomic E-state index is 5.93. The highest BCUT2D eigenvalue weighted by molar-refractivity contribution is 5.81. The van der Waals surface area contributed by atoms with Gasteiger partial charge in [-0.25, -0.2) is 21.3 Å². The third-order valence-corrected chi connectivity index (χ3v) is 3.67. The Kier molecular flexibility index (Phi) is 3.15. The van der Waals surface area contributed by atoms with Crippen LogP contribution in [0.4, 0.5) is 5.82 Å². The first-order chi connectivity index (χ1) is 11.6. The van der Waals surface area contributed by atoms with Crippen molar-refractivity contribution < 1.29 is 4.63 Å². The van der Waals surface area contributed by atoms with Gasteiger partial charge < -0.3 is 10.3 Å². The number of nitrogens with two attached hydrogens (primary N) is 3. The van der Waals surface area contributed by atoms with Crippen LogP contribution in [0.5, 0.6) is 0 Å². The van der Waals surface area contributed by atoms with Crippen LogP contribution in [0.25, 0.3) is 22.6 Å².